The highest BCUT2D eigenvalue weighted by atomic mass is 16.5. The van der Waals surface area contributed by atoms with E-state index in [0.29, 0.717) is 6.61 Å². The smallest absolute Gasteiger partial charge is 0.161 e. The van der Waals surface area contributed by atoms with Crippen LogP contribution in [-0.2, 0) is 6.54 Å². The van der Waals surface area contributed by atoms with Crippen LogP contribution in [0.2, 0.25) is 0 Å². The minimum Gasteiger partial charge on any atom is -0.493 e. The molecule has 0 fully saturated rings. The summed E-state index contributed by atoms with van der Waals surface area (Å²) in [5.74, 6) is 1.55. The van der Waals surface area contributed by atoms with Crippen molar-refractivity contribution >= 4 is 0 Å². The molecule has 0 amide bonds. The Morgan fingerprint density at radius 3 is 2.57 bits per heavy atom. The molecule has 0 spiro atoms. The van der Waals surface area contributed by atoms with Gasteiger partial charge in [-0.25, -0.2) is 0 Å². The lowest BCUT2D eigenvalue weighted by Crippen LogP contribution is -2.18. The van der Waals surface area contributed by atoms with Gasteiger partial charge in [0.15, 0.2) is 11.5 Å². The molecule has 2 aromatic rings. The molecule has 0 radical (unpaired) electrons. The van der Waals surface area contributed by atoms with Crippen molar-refractivity contribution in [1.82, 2.24) is 10.3 Å². The summed E-state index contributed by atoms with van der Waals surface area (Å²) in [6, 6.07) is 10.3. The van der Waals surface area contributed by atoms with Gasteiger partial charge in [-0.2, -0.15) is 0 Å². The van der Waals surface area contributed by atoms with Crippen molar-refractivity contribution in [1.29, 1.82) is 0 Å². The fraction of sp³-hybridized carbons (Fsp3) is 0.353. The van der Waals surface area contributed by atoms with Crippen LogP contribution in [0.5, 0.6) is 11.5 Å². The number of nitrogens with zero attached hydrogens (tertiary/aromatic N) is 1. The van der Waals surface area contributed by atoms with Crippen LogP contribution in [0.4, 0.5) is 0 Å². The van der Waals surface area contributed by atoms with E-state index in [0.717, 1.165) is 23.6 Å². The minimum absolute atomic E-state index is 0.269. The zero-order valence-electron chi connectivity index (χ0n) is 12.8. The molecular weight excluding hydrogens is 264 g/mol. The van der Waals surface area contributed by atoms with E-state index in [9.17, 15) is 0 Å². The molecule has 112 valence electrons. The lowest BCUT2D eigenvalue weighted by molar-refractivity contribution is 0.310. The first-order valence-corrected chi connectivity index (χ1v) is 7.17. The Hall–Kier alpha value is -2.07. The maximum atomic E-state index is 5.53. The molecule has 0 saturated carbocycles. The molecule has 1 unspecified atom stereocenters. The van der Waals surface area contributed by atoms with E-state index in [1.807, 2.05) is 43.6 Å². The Balaban J connectivity index is 2.00. The topological polar surface area (TPSA) is 43.4 Å². The van der Waals surface area contributed by atoms with Crippen molar-refractivity contribution in [2.45, 2.75) is 26.4 Å². The second-order valence-electron chi connectivity index (χ2n) is 4.80. The van der Waals surface area contributed by atoms with Crippen molar-refractivity contribution < 1.29 is 9.47 Å². The second kappa shape index (κ2) is 7.64. The van der Waals surface area contributed by atoms with Gasteiger partial charge in [0.25, 0.3) is 0 Å². The first-order chi connectivity index (χ1) is 10.2. The predicted octanol–water partition coefficient (Wildman–Crippen LogP) is 3.34. The summed E-state index contributed by atoms with van der Waals surface area (Å²) in [7, 11) is 1.66. The third-order valence-electron chi connectivity index (χ3n) is 3.35. The quantitative estimate of drug-likeness (QED) is 0.847. The normalized spacial score (nSPS) is 12.0. The molecule has 0 bridgehead atoms. The molecule has 2 rings (SSSR count). The molecular formula is C17H22N2O2. The number of hydrogen-bond acceptors (Lipinski definition) is 4. The maximum absolute atomic E-state index is 5.53. The molecule has 0 aliphatic heterocycles. The Labute approximate surface area is 126 Å². The molecule has 1 N–H and O–H groups in total. The average molecular weight is 286 g/mol. The molecule has 1 aromatic heterocycles. The summed E-state index contributed by atoms with van der Waals surface area (Å²) in [5, 5.41) is 3.49. The van der Waals surface area contributed by atoms with E-state index in [2.05, 4.69) is 23.3 Å². The van der Waals surface area contributed by atoms with Crippen molar-refractivity contribution in [3.05, 3.63) is 53.9 Å². The van der Waals surface area contributed by atoms with Gasteiger partial charge in [-0.3, -0.25) is 4.98 Å². The number of aromatic nitrogens is 1. The SMILES string of the molecule is CCOc1ccc(CNC(C)c2ccncc2)cc1OC. The third-order valence-corrected chi connectivity index (χ3v) is 3.35. The highest BCUT2D eigenvalue weighted by Crippen LogP contribution is 2.28. The van der Waals surface area contributed by atoms with Gasteiger partial charge in [-0.15, -0.1) is 0 Å². The maximum Gasteiger partial charge on any atom is 0.161 e. The number of methoxy groups -OCH3 is 1. The molecule has 1 atom stereocenters. The molecule has 4 nitrogen and oxygen atoms in total. The van der Waals surface area contributed by atoms with Crippen LogP contribution in [0.15, 0.2) is 42.7 Å². The molecule has 0 aliphatic rings. The number of ether oxygens (including phenoxy) is 2. The fourth-order valence-electron chi connectivity index (χ4n) is 2.14. The fourth-order valence-corrected chi connectivity index (χ4v) is 2.14. The van der Waals surface area contributed by atoms with Crippen LogP contribution in [0.25, 0.3) is 0 Å². The van der Waals surface area contributed by atoms with Gasteiger partial charge in [-0.05, 0) is 49.2 Å². The Morgan fingerprint density at radius 1 is 1.14 bits per heavy atom. The van der Waals surface area contributed by atoms with Gasteiger partial charge in [-0.1, -0.05) is 6.07 Å². The van der Waals surface area contributed by atoms with Crippen LogP contribution in [0.3, 0.4) is 0 Å². The largest absolute Gasteiger partial charge is 0.493 e. The van der Waals surface area contributed by atoms with Crippen molar-refractivity contribution in [3.8, 4) is 11.5 Å². The first-order valence-electron chi connectivity index (χ1n) is 7.17. The number of hydrogen-bond donors (Lipinski definition) is 1. The first kappa shape index (κ1) is 15.3. The molecule has 0 saturated heterocycles. The number of pyridine rings is 1. The van der Waals surface area contributed by atoms with E-state index >= 15 is 0 Å². The van der Waals surface area contributed by atoms with Gasteiger partial charge in [0, 0.05) is 25.0 Å². The summed E-state index contributed by atoms with van der Waals surface area (Å²) in [4.78, 5) is 4.04. The molecule has 0 aliphatic carbocycles. The van der Waals surface area contributed by atoms with Crippen LogP contribution in [-0.4, -0.2) is 18.7 Å². The zero-order valence-corrected chi connectivity index (χ0v) is 12.8. The summed E-state index contributed by atoms with van der Waals surface area (Å²) in [5.41, 5.74) is 2.39. The summed E-state index contributed by atoms with van der Waals surface area (Å²) in [6.45, 7) is 5.51. The highest BCUT2D eigenvalue weighted by Gasteiger charge is 2.07. The zero-order chi connectivity index (χ0) is 15.1. The monoisotopic (exact) mass is 286 g/mol. The molecule has 4 heteroatoms. The van der Waals surface area contributed by atoms with Crippen LogP contribution < -0.4 is 14.8 Å². The van der Waals surface area contributed by atoms with E-state index in [4.69, 9.17) is 9.47 Å². The van der Waals surface area contributed by atoms with Crippen LogP contribution >= 0.6 is 0 Å². The standard InChI is InChI=1S/C17H22N2O2/c1-4-21-16-6-5-14(11-17(16)20-3)12-19-13(2)15-7-9-18-10-8-15/h5-11,13,19H,4,12H2,1-3H3. The summed E-state index contributed by atoms with van der Waals surface area (Å²) in [6.07, 6.45) is 3.63. The Bertz CT molecular complexity index is 558. The van der Waals surface area contributed by atoms with E-state index in [1.54, 1.807) is 7.11 Å². The van der Waals surface area contributed by atoms with Crippen molar-refractivity contribution in [2.24, 2.45) is 0 Å². The lowest BCUT2D eigenvalue weighted by Gasteiger charge is -2.15. The van der Waals surface area contributed by atoms with Gasteiger partial charge >= 0.3 is 0 Å². The molecule has 1 heterocycles. The van der Waals surface area contributed by atoms with Gasteiger partial charge < -0.3 is 14.8 Å². The molecule has 1 aromatic carbocycles. The molecule has 21 heavy (non-hydrogen) atoms. The van der Waals surface area contributed by atoms with Gasteiger partial charge in [0.05, 0.1) is 13.7 Å². The summed E-state index contributed by atoms with van der Waals surface area (Å²) >= 11 is 0. The second-order valence-corrected chi connectivity index (χ2v) is 4.80. The predicted molar refractivity (Wildman–Crippen MR) is 83.7 cm³/mol. The number of nitrogens with one attached hydrogen (secondary N) is 1. The number of rotatable bonds is 7. The minimum atomic E-state index is 0.269. The van der Waals surface area contributed by atoms with Crippen LogP contribution in [0, 0.1) is 0 Å². The van der Waals surface area contributed by atoms with Crippen LogP contribution in [0.1, 0.15) is 31.0 Å². The highest BCUT2D eigenvalue weighted by molar-refractivity contribution is 5.43. The Kier molecular flexibility index (Phi) is 5.58. The van der Waals surface area contributed by atoms with Gasteiger partial charge in [0.1, 0.15) is 0 Å². The van der Waals surface area contributed by atoms with Crippen molar-refractivity contribution in [2.75, 3.05) is 13.7 Å². The van der Waals surface area contributed by atoms with E-state index in [-0.39, 0.29) is 6.04 Å². The van der Waals surface area contributed by atoms with E-state index in [1.165, 1.54) is 5.56 Å². The average Bonchev–Trinajstić information content (AvgIpc) is 2.54. The van der Waals surface area contributed by atoms with E-state index < -0.39 is 0 Å². The Morgan fingerprint density at radius 2 is 1.90 bits per heavy atom. The van der Waals surface area contributed by atoms with Crippen molar-refractivity contribution in [3.63, 3.8) is 0 Å². The van der Waals surface area contributed by atoms with Gasteiger partial charge in [0.2, 0.25) is 0 Å². The third kappa shape index (κ3) is 4.20. The number of benzene rings is 1. The summed E-state index contributed by atoms with van der Waals surface area (Å²) < 4.78 is 10.9. The lowest BCUT2D eigenvalue weighted by atomic mass is 10.1.